The van der Waals surface area contributed by atoms with Crippen molar-refractivity contribution in [2.45, 2.75) is 44.8 Å². The lowest BCUT2D eigenvalue weighted by Crippen LogP contribution is -2.37. The lowest BCUT2D eigenvalue weighted by atomic mass is 9.98. The second-order valence-electron chi connectivity index (χ2n) is 6.97. The van der Waals surface area contributed by atoms with Crippen LogP contribution < -0.4 is 10.5 Å². The first-order valence-electron chi connectivity index (χ1n) is 8.79. The number of hydrogen-bond acceptors (Lipinski definition) is 5. The van der Waals surface area contributed by atoms with Crippen molar-refractivity contribution >= 4 is 11.8 Å². The predicted molar refractivity (Wildman–Crippen MR) is 102 cm³/mol. The number of phenols is 1. The van der Waals surface area contributed by atoms with Gasteiger partial charge in [0.05, 0.1) is 6.04 Å². The summed E-state index contributed by atoms with van der Waals surface area (Å²) >= 11 is 0. The van der Waals surface area contributed by atoms with Crippen LogP contribution in [0.2, 0.25) is 0 Å². The van der Waals surface area contributed by atoms with E-state index in [0.717, 1.165) is 18.4 Å². The van der Waals surface area contributed by atoms with Crippen molar-refractivity contribution in [3.63, 3.8) is 0 Å². The molecule has 2 aromatic carbocycles. The van der Waals surface area contributed by atoms with Gasteiger partial charge in [0.1, 0.15) is 11.5 Å². The number of aromatic hydroxyl groups is 1. The first kappa shape index (κ1) is 20.5. The van der Waals surface area contributed by atoms with Crippen LogP contribution in [0.1, 0.15) is 42.6 Å². The largest absolute Gasteiger partial charge is 0.508 e. The Labute approximate surface area is 158 Å². The van der Waals surface area contributed by atoms with E-state index in [1.807, 2.05) is 12.1 Å². The number of carboxylic acid groups (broad SMARTS) is 1. The molecule has 6 nitrogen and oxygen atoms in total. The Hall–Kier alpha value is -2.86. The number of ether oxygens (including phenoxy) is 1. The molecule has 2 aromatic rings. The van der Waals surface area contributed by atoms with Crippen LogP contribution in [0.25, 0.3) is 0 Å². The summed E-state index contributed by atoms with van der Waals surface area (Å²) in [7, 11) is 0. The molecule has 0 amide bonds. The molecule has 0 aliphatic carbocycles. The molecule has 0 fully saturated rings. The van der Waals surface area contributed by atoms with Crippen LogP contribution in [0, 0.1) is 0 Å². The standard InChI is InChI=1S/C21H25NO5/c1-21(2,20(25)26)27-17-12-6-14(7-13-17)4-3-5-18(22)19(24)15-8-10-16(23)11-9-15/h6-13,18,23H,3-5,22H2,1-2H3,(H,25,26). The predicted octanol–water partition coefficient (Wildman–Crippen LogP) is 3.17. The third-order valence-electron chi connectivity index (χ3n) is 4.28. The summed E-state index contributed by atoms with van der Waals surface area (Å²) in [6, 6.07) is 12.7. The third kappa shape index (κ3) is 5.82. The molecule has 0 bridgehead atoms. The zero-order valence-corrected chi connectivity index (χ0v) is 15.5. The van der Waals surface area contributed by atoms with Crippen molar-refractivity contribution in [2.24, 2.45) is 5.73 Å². The van der Waals surface area contributed by atoms with E-state index >= 15 is 0 Å². The summed E-state index contributed by atoms with van der Waals surface area (Å²) in [4.78, 5) is 23.4. The van der Waals surface area contributed by atoms with E-state index in [-0.39, 0.29) is 11.5 Å². The Morgan fingerprint density at radius 1 is 1.07 bits per heavy atom. The number of phenolic OH excluding ortho intramolecular Hbond substituents is 1. The van der Waals surface area contributed by atoms with Crippen LogP contribution >= 0.6 is 0 Å². The van der Waals surface area contributed by atoms with Crippen molar-refractivity contribution in [1.29, 1.82) is 0 Å². The minimum atomic E-state index is -1.29. The fourth-order valence-electron chi connectivity index (χ4n) is 2.56. The number of Topliss-reactive ketones (excluding diaryl/α,β-unsaturated/α-hetero) is 1. The number of carbonyl (C=O) groups excluding carboxylic acids is 1. The Balaban J connectivity index is 1.83. The second kappa shape index (κ2) is 8.68. The molecule has 4 N–H and O–H groups in total. The number of aryl methyl sites for hydroxylation is 1. The normalized spacial score (nSPS) is 12.4. The molecular weight excluding hydrogens is 346 g/mol. The summed E-state index contributed by atoms with van der Waals surface area (Å²) in [5, 5.41) is 18.4. The number of benzene rings is 2. The van der Waals surface area contributed by atoms with Gasteiger partial charge in [-0.1, -0.05) is 12.1 Å². The Morgan fingerprint density at radius 2 is 1.67 bits per heavy atom. The molecule has 1 atom stereocenters. The molecule has 6 heteroatoms. The number of aliphatic carboxylic acids is 1. The number of ketones is 1. The molecule has 0 spiro atoms. The third-order valence-corrected chi connectivity index (χ3v) is 4.28. The molecule has 0 aromatic heterocycles. The van der Waals surface area contributed by atoms with Crippen molar-refractivity contribution in [1.82, 2.24) is 0 Å². The number of hydrogen-bond donors (Lipinski definition) is 3. The average molecular weight is 371 g/mol. The highest BCUT2D eigenvalue weighted by molar-refractivity contribution is 6.00. The van der Waals surface area contributed by atoms with Crippen molar-refractivity contribution in [3.05, 3.63) is 59.7 Å². The van der Waals surface area contributed by atoms with Crippen LogP contribution in [0.3, 0.4) is 0 Å². The summed E-state index contributed by atoms with van der Waals surface area (Å²) in [5.41, 5.74) is 6.24. The minimum absolute atomic E-state index is 0.110. The van der Waals surface area contributed by atoms with Gasteiger partial charge in [-0.2, -0.15) is 0 Å². The molecule has 0 heterocycles. The SMILES string of the molecule is CC(C)(Oc1ccc(CCCC(N)C(=O)c2ccc(O)cc2)cc1)C(=O)O. The molecule has 0 aliphatic rings. The second-order valence-corrected chi connectivity index (χ2v) is 6.97. The van der Waals surface area contributed by atoms with Gasteiger partial charge >= 0.3 is 5.97 Å². The zero-order chi connectivity index (χ0) is 20.0. The fourth-order valence-corrected chi connectivity index (χ4v) is 2.56. The molecule has 2 rings (SSSR count). The number of carboxylic acids is 1. The van der Waals surface area contributed by atoms with E-state index in [1.165, 1.54) is 26.0 Å². The summed E-state index contributed by atoms with van der Waals surface area (Å²) in [6.07, 6.45) is 2.04. The maximum Gasteiger partial charge on any atom is 0.347 e. The number of nitrogens with two attached hydrogens (primary N) is 1. The first-order valence-corrected chi connectivity index (χ1v) is 8.79. The van der Waals surface area contributed by atoms with Gasteiger partial charge in [0, 0.05) is 5.56 Å². The van der Waals surface area contributed by atoms with Gasteiger partial charge in [0.15, 0.2) is 11.4 Å². The highest BCUT2D eigenvalue weighted by Gasteiger charge is 2.29. The molecular formula is C21H25NO5. The molecule has 27 heavy (non-hydrogen) atoms. The van der Waals surface area contributed by atoms with Gasteiger partial charge in [-0.15, -0.1) is 0 Å². The molecule has 0 radical (unpaired) electrons. The van der Waals surface area contributed by atoms with Crippen LogP contribution in [-0.4, -0.2) is 33.6 Å². The van der Waals surface area contributed by atoms with E-state index in [2.05, 4.69) is 0 Å². The van der Waals surface area contributed by atoms with Gasteiger partial charge in [-0.25, -0.2) is 4.79 Å². The van der Waals surface area contributed by atoms with E-state index in [0.29, 0.717) is 17.7 Å². The van der Waals surface area contributed by atoms with Gasteiger partial charge in [0.25, 0.3) is 0 Å². The van der Waals surface area contributed by atoms with E-state index < -0.39 is 17.6 Å². The van der Waals surface area contributed by atoms with E-state index in [1.54, 1.807) is 24.3 Å². The Bertz CT molecular complexity index is 781. The van der Waals surface area contributed by atoms with Gasteiger partial charge in [-0.05, 0) is 75.1 Å². The zero-order valence-electron chi connectivity index (χ0n) is 15.5. The summed E-state index contributed by atoms with van der Waals surface area (Å²) in [6.45, 7) is 2.99. The fraction of sp³-hybridized carbons (Fsp3) is 0.333. The van der Waals surface area contributed by atoms with E-state index in [9.17, 15) is 14.7 Å². The van der Waals surface area contributed by atoms with Crippen LogP contribution in [0.4, 0.5) is 0 Å². The Morgan fingerprint density at radius 3 is 2.22 bits per heavy atom. The molecule has 144 valence electrons. The highest BCUT2D eigenvalue weighted by atomic mass is 16.5. The van der Waals surface area contributed by atoms with E-state index in [4.69, 9.17) is 15.6 Å². The topological polar surface area (TPSA) is 110 Å². The minimum Gasteiger partial charge on any atom is -0.508 e. The van der Waals surface area contributed by atoms with Gasteiger partial charge in [-0.3, -0.25) is 4.79 Å². The average Bonchev–Trinajstić information content (AvgIpc) is 2.62. The highest BCUT2D eigenvalue weighted by Crippen LogP contribution is 2.20. The first-order chi connectivity index (χ1) is 12.7. The van der Waals surface area contributed by atoms with Crippen molar-refractivity contribution in [3.8, 4) is 11.5 Å². The molecule has 0 aliphatic heterocycles. The molecule has 0 saturated carbocycles. The summed E-state index contributed by atoms with van der Waals surface area (Å²) in [5.74, 6) is -0.571. The lowest BCUT2D eigenvalue weighted by molar-refractivity contribution is -0.152. The quantitative estimate of drug-likeness (QED) is 0.584. The monoisotopic (exact) mass is 371 g/mol. The number of carbonyl (C=O) groups is 2. The Kier molecular flexibility index (Phi) is 6.58. The van der Waals surface area contributed by atoms with Crippen molar-refractivity contribution in [2.75, 3.05) is 0 Å². The van der Waals surface area contributed by atoms with Crippen LogP contribution in [-0.2, 0) is 11.2 Å². The van der Waals surface area contributed by atoms with Crippen molar-refractivity contribution < 1.29 is 24.5 Å². The molecule has 0 saturated heterocycles. The smallest absolute Gasteiger partial charge is 0.347 e. The maximum atomic E-state index is 12.3. The lowest BCUT2D eigenvalue weighted by Gasteiger charge is -2.21. The molecule has 1 unspecified atom stereocenters. The van der Waals surface area contributed by atoms with Crippen LogP contribution in [0.15, 0.2) is 48.5 Å². The maximum absolute atomic E-state index is 12.3. The van der Waals surface area contributed by atoms with Crippen LogP contribution in [0.5, 0.6) is 11.5 Å². The van der Waals surface area contributed by atoms with Gasteiger partial charge in [0.2, 0.25) is 0 Å². The van der Waals surface area contributed by atoms with Gasteiger partial charge < -0.3 is 20.7 Å². The summed E-state index contributed by atoms with van der Waals surface area (Å²) < 4.78 is 5.47. The number of rotatable bonds is 9.